The molecule has 0 amide bonds. The summed E-state index contributed by atoms with van der Waals surface area (Å²) in [6.07, 6.45) is 1.33. The summed E-state index contributed by atoms with van der Waals surface area (Å²) < 4.78 is 1.35. The van der Waals surface area contributed by atoms with E-state index in [1.165, 1.54) is 11.0 Å². The van der Waals surface area contributed by atoms with E-state index in [-0.39, 0.29) is 12.4 Å². The minimum Gasteiger partial charge on any atom is -0.323 e. The molecule has 0 rings (SSSR count). The van der Waals surface area contributed by atoms with E-state index in [0.29, 0.717) is 0 Å². The highest BCUT2D eigenvalue weighted by atomic mass is 35.5. The fourth-order valence-corrected chi connectivity index (χ4v) is 0. The van der Waals surface area contributed by atoms with Crippen LogP contribution in [0.15, 0.2) is 0 Å². The number of hydrogen-bond acceptors (Lipinski definition) is 1. The summed E-state index contributed by atoms with van der Waals surface area (Å²) in [6.45, 7) is 2.19. The summed E-state index contributed by atoms with van der Waals surface area (Å²) in [5.41, 5.74) is 0. The second-order valence-electron chi connectivity index (χ2n) is 1.35. The molecule has 0 bridgehead atoms. The van der Waals surface area contributed by atoms with Crippen LogP contribution in [0.4, 0.5) is 0 Å². The van der Waals surface area contributed by atoms with Crippen molar-refractivity contribution in [3.63, 3.8) is 0 Å². The first-order valence-corrected chi connectivity index (χ1v) is 3.71. The van der Waals surface area contributed by atoms with Crippen molar-refractivity contribution < 1.29 is 0 Å². The Balaban J connectivity index is -0.0000000575. The standard InChI is InChI=1S/C3H7.C2H7N.ClH.Mg/c2*1-3-2;;/h1,3H2,2H3;3H,1-2H3;1H;/q;;;+2. The van der Waals surface area contributed by atoms with Crippen molar-refractivity contribution in [2.45, 2.75) is 17.9 Å². The highest BCUT2D eigenvalue weighted by Gasteiger charge is 2.17. The van der Waals surface area contributed by atoms with Crippen LogP contribution >= 0.6 is 12.4 Å². The van der Waals surface area contributed by atoms with Gasteiger partial charge in [-0.15, -0.1) is 12.4 Å². The number of rotatable bonds is 1. The van der Waals surface area contributed by atoms with Crippen LogP contribution in [0.3, 0.4) is 0 Å². The van der Waals surface area contributed by atoms with Crippen LogP contribution < -0.4 is 5.32 Å². The Kier molecular flexibility index (Phi) is 49.0. The van der Waals surface area contributed by atoms with Crippen LogP contribution in [0.5, 0.6) is 0 Å². The fourth-order valence-electron chi connectivity index (χ4n) is 0. The SMILES string of the molecule is CC[CH2][Mg+2].CNC.Cl. The van der Waals surface area contributed by atoms with E-state index < -0.39 is 0 Å². The van der Waals surface area contributed by atoms with Gasteiger partial charge in [-0.25, -0.2) is 0 Å². The Morgan fingerprint density at radius 3 is 1.50 bits per heavy atom. The van der Waals surface area contributed by atoms with Gasteiger partial charge >= 0.3 is 21.7 Å². The monoisotopic (exact) mass is 148 g/mol. The molecule has 0 atom stereocenters. The van der Waals surface area contributed by atoms with Gasteiger partial charge in [-0.2, -0.15) is 0 Å². The van der Waals surface area contributed by atoms with Crippen molar-refractivity contribution >= 4 is 34.1 Å². The minimum absolute atomic E-state index is 0. The molecule has 0 aliphatic rings. The maximum Gasteiger partial charge on any atom is 1.41 e. The Hall–Kier alpha value is 1.02. The lowest BCUT2D eigenvalue weighted by atomic mass is 10.6. The van der Waals surface area contributed by atoms with Crippen molar-refractivity contribution in [3.8, 4) is 0 Å². The van der Waals surface area contributed by atoms with E-state index in [1.54, 1.807) is 0 Å². The molecule has 0 saturated heterocycles. The molecule has 0 aromatic carbocycles. The van der Waals surface area contributed by atoms with E-state index in [0.717, 1.165) is 0 Å². The molecule has 0 aromatic heterocycles. The minimum atomic E-state index is 0. The maximum absolute atomic E-state index is 2.75. The summed E-state index contributed by atoms with van der Waals surface area (Å²) in [4.78, 5) is 0. The third-order valence-electron chi connectivity index (χ3n) is 0.354. The topological polar surface area (TPSA) is 12.0 Å². The van der Waals surface area contributed by atoms with Gasteiger partial charge in [-0.3, -0.25) is 0 Å². The fraction of sp³-hybridized carbons (Fsp3) is 1.00. The highest BCUT2D eigenvalue weighted by molar-refractivity contribution is 6.08. The van der Waals surface area contributed by atoms with Crippen molar-refractivity contribution in [1.29, 1.82) is 0 Å². The third-order valence-corrected chi connectivity index (χ3v) is 1.06. The van der Waals surface area contributed by atoms with Crippen molar-refractivity contribution in [2.24, 2.45) is 0 Å². The molecule has 47 valence electrons. The van der Waals surface area contributed by atoms with Crippen molar-refractivity contribution in [2.75, 3.05) is 14.1 Å². The predicted octanol–water partition coefficient (Wildman–Crippen LogP) is 1.24. The lowest BCUT2D eigenvalue weighted by Crippen LogP contribution is -1.89. The Labute approximate surface area is 71.5 Å². The number of nitrogens with one attached hydrogen (secondary N) is 1. The van der Waals surface area contributed by atoms with E-state index in [1.807, 2.05) is 35.8 Å². The van der Waals surface area contributed by atoms with Crippen LogP contribution in [-0.4, -0.2) is 35.8 Å². The molecule has 0 unspecified atom stereocenters. The van der Waals surface area contributed by atoms with Gasteiger partial charge < -0.3 is 5.32 Å². The van der Waals surface area contributed by atoms with E-state index in [9.17, 15) is 0 Å². The van der Waals surface area contributed by atoms with Gasteiger partial charge in [-0.1, -0.05) is 6.92 Å². The summed E-state index contributed by atoms with van der Waals surface area (Å²) in [7, 11) is 3.75. The van der Waals surface area contributed by atoms with E-state index in [2.05, 4.69) is 12.2 Å². The van der Waals surface area contributed by atoms with Crippen molar-refractivity contribution in [3.05, 3.63) is 0 Å². The largest absolute Gasteiger partial charge is 1.41 e. The van der Waals surface area contributed by atoms with E-state index in [4.69, 9.17) is 0 Å². The molecule has 3 heteroatoms. The van der Waals surface area contributed by atoms with Gasteiger partial charge in [0.1, 0.15) is 0 Å². The Morgan fingerprint density at radius 2 is 1.50 bits per heavy atom. The lowest BCUT2D eigenvalue weighted by molar-refractivity contribution is 1.02. The zero-order valence-corrected chi connectivity index (χ0v) is 8.26. The molecule has 1 nitrogen and oxygen atoms in total. The lowest BCUT2D eigenvalue weighted by Gasteiger charge is -1.59. The third kappa shape index (κ3) is 62.5. The first-order valence-electron chi connectivity index (χ1n) is 2.71. The molecule has 0 heterocycles. The Morgan fingerprint density at radius 1 is 1.38 bits per heavy atom. The van der Waals surface area contributed by atoms with Gasteiger partial charge in [0.2, 0.25) is 0 Å². The quantitative estimate of drug-likeness (QED) is 0.553. The summed E-state index contributed by atoms with van der Waals surface area (Å²) >= 11 is 2.02. The number of halogens is 1. The van der Waals surface area contributed by atoms with Gasteiger partial charge in [-0.05, 0) is 14.1 Å². The smallest absolute Gasteiger partial charge is 0.323 e. The molecule has 0 spiro atoms. The summed E-state index contributed by atoms with van der Waals surface area (Å²) in [5, 5.41) is 2.75. The molecule has 8 heavy (non-hydrogen) atoms. The van der Waals surface area contributed by atoms with Crippen LogP contribution in [0.1, 0.15) is 13.3 Å². The van der Waals surface area contributed by atoms with Crippen LogP contribution in [0.25, 0.3) is 0 Å². The average molecular weight is 149 g/mol. The van der Waals surface area contributed by atoms with E-state index >= 15 is 0 Å². The van der Waals surface area contributed by atoms with Gasteiger partial charge in [0.15, 0.2) is 0 Å². The van der Waals surface area contributed by atoms with Gasteiger partial charge in [0.05, 0.1) is 0 Å². The average Bonchev–Trinajstić information content (AvgIpc) is 1.69. The molecule has 0 aliphatic carbocycles. The molecule has 0 aliphatic heterocycles. The maximum atomic E-state index is 2.75. The van der Waals surface area contributed by atoms with Crippen LogP contribution in [0, 0.1) is 0 Å². The van der Waals surface area contributed by atoms with Crippen molar-refractivity contribution in [1.82, 2.24) is 5.32 Å². The normalized spacial score (nSPS) is 6.00. The highest BCUT2D eigenvalue weighted by Crippen LogP contribution is 1.73. The van der Waals surface area contributed by atoms with Crippen LogP contribution in [-0.2, 0) is 0 Å². The van der Waals surface area contributed by atoms with Gasteiger partial charge in [0, 0.05) is 6.42 Å². The Bertz CT molecular complexity index is 19.9. The molecule has 7 radical (unpaired) electrons. The second-order valence-corrected chi connectivity index (χ2v) is 2.06. The summed E-state index contributed by atoms with van der Waals surface area (Å²) in [5.74, 6) is 0. The zero-order valence-electron chi connectivity index (χ0n) is 6.03. The molecule has 0 fully saturated rings. The molecular formula is C5H15ClMgN+2. The van der Waals surface area contributed by atoms with Crippen LogP contribution in [0.2, 0.25) is 4.55 Å². The first kappa shape index (κ1) is 16.0. The molecule has 1 N–H and O–H groups in total. The molecule has 0 saturated carbocycles. The second kappa shape index (κ2) is 24.5. The predicted molar refractivity (Wildman–Crippen MR) is 43.1 cm³/mol. The first-order chi connectivity index (χ1) is 3.33. The zero-order chi connectivity index (χ0) is 6.12. The molecule has 0 aromatic rings. The van der Waals surface area contributed by atoms with Gasteiger partial charge in [0.25, 0.3) is 4.55 Å². The molecular weight excluding hydrogens is 134 g/mol. The number of hydrogen-bond donors (Lipinski definition) is 1. The summed E-state index contributed by atoms with van der Waals surface area (Å²) in [6, 6.07) is 0.